The van der Waals surface area contributed by atoms with Gasteiger partial charge in [0.25, 0.3) is 0 Å². The predicted octanol–water partition coefficient (Wildman–Crippen LogP) is 5.85. The van der Waals surface area contributed by atoms with Gasteiger partial charge in [-0.15, -0.1) is 0 Å². The lowest BCUT2D eigenvalue weighted by atomic mass is 10.0. The Morgan fingerprint density at radius 1 is 1.08 bits per heavy atom. The number of benzene rings is 2. The fourth-order valence-corrected chi connectivity index (χ4v) is 5.42. The van der Waals surface area contributed by atoms with Gasteiger partial charge in [-0.3, -0.25) is 9.71 Å². The van der Waals surface area contributed by atoms with E-state index in [1.165, 1.54) is 0 Å². The number of halogens is 1. The summed E-state index contributed by atoms with van der Waals surface area (Å²) in [5.74, 6) is 1.42. The maximum absolute atomic E-state index is 11.7. The summed E-state index contributed by atoms with van der Waals surface area (Å²) >= 11 is 11.8. The smallest absolute Gasteiger partial charge is 0.229 e. The van der Waals surface area contributed by atoms with Crippen LogP contribution in [0.15, 0.2) is 83.4 Å². The van der Waals surface area contributed by atoms with Gasteiger partial charge in [0.1, 0.15) is 17.6 Å². The summed E-state index contributed by atoms with van der Waals surface area (Å²) in [5, 5.41) is 4.57. The fraction of sp³-hybridized carbons (Fsp3) is 0.154. The van der Waals surface area contributed by atoms with Gasteiger partial charge >= 0.3 is 0 Å². The second-order valence-corrected chi connectivity index (χ2v) is 11.2. The van der Waals surface area contributed by atoms with Gasteiger partial charge in [0, 0.05) is 22.5 Å². The molecule has 0 radical (unpaired) electrons. The third-order valence-corrected chi connectivity index (χ3v) is 7.09. The molecule has 2 aromatic heterocycles. The molecule has 0 aliphatic carbocycles. The van der Waals surface area contributed by atoms with Crippen LogP contribution in [0.25, 0.3) is 11.3 Å². The molecule has 7 nitrogen and oxygen atoms in total. The molecule has 2 N–H and O–H groups in total. The Balaban J connectivity index is 1.57. The first-order valence-electron chi connectivity index (χ1n) is 11.1. The van der Waals surface area contributed by atoms with E-state index in [0.717, 1.165) is 28.8 Å². The number of aromatic nitrogens is 1. The van der Waals surface area contributed by atoms with E-state index in [1.807, 2.05) is 78.6 Å². The Hall–Kier alpha value is -3.40. The van der Waals surface area contributed by atoms with Gasteiger partial charge in [0.15, 0.2) is 5.11 Å². The number of hydrogen-bond acceptors (Lipinski definition) is 5. The van der Waals surface area contributed by atoms with Crippen LogP contribution in [0.1, 0.15) is 29.1 Å². The number of rotatable bonds is 6. The normalized spacial score (nSPS) is 17.8. The molecule has 10 heteroatoms. The Morgan fingerprint density at radius 3 is 2.53 bits per heavy atom. The van der Waals surface area contributed by atoms with Crippen molar-refractivity contribution in [3.8, 4) is 11.3 Å². The average molecular weight is 539 g/mol. The Labute approximate surface area is 220 Å². The summed E-state index contributed by atoms with van der Waals surface area (Å²) in [4.78, 5) is 6.55. The van der Waals surface area contributed by atoms with E-state index in [4.69, 9.17) is 28.2 Å². The lowest BCUT2D eigenvalue weighted by molar-refractivity contribution is 0.439. The predicted molar refractivity (Wildman–Crippen MR) is 147 cm³/mol. The molecule has 2 atom stereocenters. The second kappa shape index (κ2) is 9.57. The lowest BCUT2D eigenvalue weighted by Gasteiger charge is -2.26. The van der Waals surface area contributed by atoms with Crippen molar-refractivity contribution in [2.75, 3.05) is 15.9 Å². The SMILES string of the molecule is Cc1cc(N2C(=S)N[C@H](c3ccccn3)[C@H]2c2ccc(-c3ccc(Cl)cc3)o2)ccc1NS(C)(=O)=O. The standard InChI is InChI=1S/C26H23ClN4O3S2/c1-16-15-19(10-11-20(16)30-36(2,32)33)31-25(24(29-26(31)35)21-5-3-4-14-28-21)23-13-12-22(34-23)17-6-8-18(27)9-7-17/h3-15,24-25,30H,1-2H3,(H,29,35)/t24-,25-/m1/s1. The van der Waals surface area contributed by atoms with Gasteiger partial charge < -0.3 is 14.6 Å². The van der Waals surface area contributed by atoms with Crippen LogP contribution < -0.4 is 14.9 Å². The lowest BCUT2D eigenvalue weighted by Crippen LogP contribution is -2.29. The summed E-state index contributed by atoms with van der Waals surface area (Å²) in [5.41, 5.74) is 3.82. The van der Waals surface area contributed by atoms with E-state index in [9.17, 15) is 8.42 Å². The quantitative estimate of drug-likeness (QED) is 0.298. The van der Waals surface area contributed by atoms with Crippen molar-refractivity contribution >= 4 is 50.3 Å². The topological polar surface area (TPSA) is 87.5 Å². The highest BCUT2D eigenvalue weighted by Crippen LogP contribution is 2.43. The van der Waals surface area contributed by atoms with E-state index in [2.05, 4.69) is 15.0 Å². The number of sulfonamides is 1. The number of thiocarbonyl (C=S) groups is 1. The first-order valence-corrected chi connectivity index (χ1v) is 13.8. The summed E-state index contributed by atoms with van der Waals surface area (Å²) in [7, 11) is -3.40. The largest absolute Gasteiger partial charge is 0.459 e. The molecule has 0 unspecified atom stereocenters. The monoisotopic (exact) mass is 538 g/mol. The molecule has 184 valence electrons. The molecule has 0 bridgehead atoms. The van der Waals surface area contributed by atoms with Crippen LogP contribution in [0.5, 0.6) is 0 Å². The Kier molecular flexibility index (Phi) is 6.46. The van der Waals surface area contributed by atoms with Crippen molar-refractivity contribution in [1.29, 1.82) is 0 Å². The van der Waals surface area contributed by atoms with Crippen molar-refractivity contribution in [2.45, 2.75) is 19.0 Å². The van der Waals surface area contributed by atoms with E-state index in [-0.39, 0.29) is 12.1 Å². The summed E-state index contributed by atoms with van der Waals surface area (Å²) in [6.45, 7) is 1.85. The van der Waals surface area contributed by atoms with Crippen LogP contribution in [-0.4, -0.2) is 24.8 Å². The average Bonchev–Trinajstić information content (AvgIpc) is 3.45. The van der Waals surface area contributed by atoms with E-state index < -0.39 is 10.0 Å². The van der Waals surface area contributed by atoms with Crippen LogP contribution in [0, 0.1) is 6.92 Å². The number of pyridine rings is 1. The van der Waals surface area contributed by atoms with Crippen molar-refractivity contribution in [1.82, 2.24) is 10.3 Å². The molecule has 4 aromatic rings. The van der Waals surface area contributed by atoms with Crippen LogP contribution in [0.3, 0.4) is 0 Å². The van der Waals surface area contributed by atoms with Gasteiger partial charge in [-0.1, -0.05) is 17.7 Å². The van der Waals surface area contributed by atoms with Gasteiger partial charge in [0.2, 0.25) is 10.0 Å². The zero-order valence-electron chi connectivity index (χ0n) is 19.5. The maximum Gasteiger partial charge on any atom is 0.229 e. The van der Waals surface area contributed by atoms with Crippen LogP contribution in [0.4, 0.5) is 11.4 Å². The van der Waals surface area contributed by atoms with Gasteiger partial charge in [-0.2, -0.15) is 0 Å². The highest BCUT2D eigenvalue weighted by Gasteiger charge is 2.42. The highest BCUT2D eigenvalue weighted by atomic mass is 35.5. The molecule has 0 saturated carbocycles. The minimum absolute atomic E-state index is 0.267. The number of hydrogen-bond donors (Lipinski definition) is 2. The van der Waals surface area contributed by atoms with Crippen molar-refractivity contribution in [3.63, 3.8) is 0 Å². The molecule has 0 amide bonds. The summed E-state index contributed by atoms with van der Waals surface area (Å²) < 4.78 is 32.4. The number of furan rings is 1. The number of anilines is 2. The van der Waals surface area contributed by atoms with Crippen LogP contribution in [-0.2, 0) is 10.0 Å². The molecule has 36 heavy (non-hydrogen) atoms. The third-order valence-electron chi connectivity index (χ3n) is 5.93. The first kappa shape index (κ1) is 24.3. The van der Waals surface area contributed by atoms with Crippen molar-refractivity contribution in [3.05, 3.63) is 101 Å². The summed E-state index contributed by atoms with van der Waals surface area (Å²) in [6, 6.07) is 22.0. The highest BCUT2D eigenvalue weighted by molar-refractivity contribution is 7.92. The number of nitrogens with one attached hydrogen (secondary N) is 2. The molecular weight excluding hydrogens is 516 g/mol. The van der Waals surface area contributed by atoms with Crippen LogP contribution in [0.2, 0.25) is 5.02 Å². The van der Waals surface area contributed by atoms with Gasteiger partial charge in [0.05, 0.1) is 23.7 Å². The van der Waals surface area contributed by atoms with Gasteiger partial charge in [-0.25, -0.2) is 8.42 Å². The minimum atomic E-state index is -3.40. The van der Waals surface area contributed by atoms with Crippen molar-refractivity contribution in [2.24, 2.45) is 0 Å². The molecule has 3 heterocycles. The zero-order valence-corrected chi connectivity index (χ0v) is 21.9. The molecule has 2 aromatic carbocycles. The Morgan fingerprint density at radius 2 is 1.86 bits per heavy atom. The van der Waals surface area contributed by atoms with E-state index >= 15 is 0 Å². The zero-order chi connectivity index (χ0) is 25.4. The van der Waals surface area contributed by atoms with E-state index in [0.29, 0.717) is 27.3 Å². The first-order chi connectivity index (χ1) is 17.2. The molecule has 1 saturated heterocycles. The van der Waals surface area contributed by atoms with Crippen molar-refractivity contribution < 1.29 is 12.8 Å². The van der Waals surface area contributed by atoms with Gasteiger partial charge in [-0.05, 0) is 91.4 Å². The third kappa shape index (κ3) is 4.95. The maximum atomic E-state index is 11.7. The molecule has 0 spiro atoms. The fourth-order valence-electron chi connectivity index (χ4n) is 4.31. The molecule has 5 rings (SSSR count). The van der Waals surface area contributed by atoms with Crippen LogP contribution >= 0.6 is 23.8 Å². The van der Waals surface area contributed by atoms with E-state index in [1.54, 1.807) is 12.3 Å². The second-order valence-electron chi connectivity index (χ2n) is 8.58. The summed E-state index contributed by atoms with van der Waals surface area (Å²) in [6.07, 6.45) is 2.87. The number of nitrogens with zero attached hydrogens (tertiary/aromatic N) is 2. The molecule has 1 aliphatic rings. The Bertz CT molecular complexity index is 1520. The number of aryl methyl sites for hydroxylation is 1. The molecular formula is C26H23ClN4O3S2. The molecule has 1 fully saturated rings. The molecule has 1 aliphatic heterocycles. The minimum Gasteiger partial charge on any atom is -0.459 e.